The molecule has 0 heterocycles. The molecule has 2 N–H and O–H groups in total. The normalized spacial score (nSPS) is 13.0. The van der Waals surface area contributed by atoms with Crippen LogP contribution in [0, 0.1) is 0 Å². The maximum Gasteiger partial charge on any atom is 0.183 e. The van der Waals surface area contributed by atoms with Crippen LogP contribution in [0.15, 0.2) is 24.3 Å². The first kappa shape index (κ1) is 14.2. The third kappa shape index (κ3) is 4.86. The second-order valence-corrected chi connectivity index (χ2v) is 4.17. The highest BCUT2D eigenvalue weighted by atomic mass is 16.7. The molecule has 1 atom stereocenters. The Morgan fingerprint density at radius 3 is 2.35 bits per heavy atom. The molecule has 0 saturated heterocycles. The van der Waals surface area contributed by atoms with Gasteiger partial charge in [0, 0.05) is 24.8 Å². The molecule has 0 bridgehead atoms. The van der Waals surface area contributed by atoms with Crippen LogP contribution in [0.25, 0.3) is 0 Å². The zero-order valence-electron chi connectivity index (χ0n) is 11.0. The third-order valence-corrected chi connectivity index (χ3v) is 2.42. The molecule has 3 heteroatoms. The summed E-state index contributed by atoms with van der Waals surface area (Å²) in [4.78, 5) is 0. The van der Waals surface area contributed by atoms with E-state index in [0.717, 1.165) is 12.0 Å². The van der Waals surface area contributed by atoms with E-state index in [-0.39, 0.29) is 12.3 Å². The minimum Gasteiger partial charge on any atom is -0.349 e. The van der Waals surface area contributed by atoms with E-state index in [2.05, 4.69) is 12.1 Å². The summed E-state index contributed by atoms with van der Waals surface area (Å²) in [5, 5.41) is 0. The van der Waals surface area contributed by atoms with E-state index < -0.39 is 0 Å². The minimum atomic E-state index is -0.266. The van der Waals surface area contributed by atoms with E-state index in [4.69, 9.17) is 15.2 Å². The summed E-state index contributed by atoms with van der Waals surface area (Å²) in [7, 11) is 0. The molecule has 17 heavy (non-hydrogen) atoms. The monoisotopic (exact) mass is 237 g/mol. The van der Waals surface area contributed by atoms with E-state index in [9.17, 15) is 0 Å². The molecular formula is C14H23NO2. The summed E-state index contributed by atoms with van der Waals surface area (Å²) < 4.78 is 11.1. The Bertz CT molecular complexity index is 320. The summed E-state index contributed by atoms with van der Waals surface area (Å²) >= 11 is 0. The molecule has 1 rings (SSSR count). The summed E-state index contributed by atoms with van der Waals surface area (Å²) in [6.45, 7) is 7.23. The summed E-state index contributed by atoms with van der Waals surface area (Å²) in [5.74, 6) is 0. The molecule has 0 radical (unpaired) electrons. The first-order valence-electron chi connectivity index (χ1n) is 6.25. The first-order chi connectivity index (χ1) is 8.17. The molecule has 0 aliphatic heterocycles. The van der Waals surface area contributed by atoms with Gasteiger partial charge in [-0.05, 0) is 32.8 Å². The number of ether oxygens (including phenoxy) is 2. The van der Waals surface area contributed by atoms with Crippen molar-refractivity contribution in [3.63, 3.8) is 0 Å². The van der Waals surface area contributed by atoms with Gasteiger partial charge in [-0.1, -0.05) is 24.3 Å². The second kappa shape index (κ2) is 7.43. The Morgan fingerprint density at radius 1 is 1.18 bits per heavy atom. The van der Waals surface area contributed by atoms with E-state index in [0.29, 0.717) is 13.2 Å². The van der Waals surface area contributed by atoms with Crippen molar-refractivity contribution in [3.8, 4) is 0 Å². The highest BCUT2D eigenvalue weighted by Crippen LogP contribution is 2.20. The van der Waals surface area contributed by atoms with E-state index in [1.54, 1.807) is 0 Å². The molecule has 1 unspecified atom stereocenters. The van der Waals surface area contributed by atoms with Crippen LogP contribution in [0.3, 0.4) is 0 Å². The molecule has 0 saturated carbocycles. The van der Waals surface area contributed by atoms with Crippen molar-refractivity contribution in [2.75, 3.05) is 13.2 Å². The molecule has 3 nitrogen and oxygen atoms in total. The lowest BCUT2D eigenvalue weighted by Gasteiger charge is -2.18. The Hall–Kier alpha value is -0.900. The maximum absolute atomic E-state index is 5.81. The molecule has 0 aliphatic rings. The molecule has 1 aromatic carbocycles. The SMILES string of the molecule is CCOC(OCC)c1cccc(CC(C)N)c1. The molecular weight excluding hydrogens is 214 g/mol. The van der Waals surface area contributed by atoms with Gasteiger partial charge >= 0.3 is 0 Å². The van der Waals surface area contributed by atoms with E-state index in [1.807, 2.05) is 32.9 Å². The predicted octanol–water partition coefficient (Wildman–Crippen LogP) is 2.65. The Labute approximate surface area is 104 Å². The molecule has 96 valence electrons. The second-order valence-electron chi connectivity index (χ2n) is 4.17. The van der Waals surface area contributed by atoms with E-state index in [1.165, 1.54) is 5.56 Å². The minimum absolute atomic E-state index is 0.169. The van der Waals surface area contributed by atoms with Gasteiger partial charge in [0.15, 0.2) is 6.29 Å². The van der Waals surface area contributed by atoms with Gasteiger partial charge in [-0.3, -0.25) is 0 Å². The number of benzene rings is 1. The summed E-state index contributed by atoms with van der Waals surface area (Å²) in [5.41, 5.74) is 8.09. The predicted molar refractivity (Wildman–Crippen MR) is 69.8 cm³/mol. The van der Waals surface area contributed by atoms with Gasteiger partial charge in [0.1, 0.15) is 0 Å². The average molecular weight is 237 g/mol. The van der Waals surface area contributed by atoms with Crippen molar-refractivity contribution >= 4 is 0 Å². The quantitative estimate of drug-likeness (QED) is 0.741. The molecule has 1 aromatic rings. The standard InChI is InChI=1S/C14H23NO2/c1-4-16-14(17-5-2)13-8-6-7-12(10-13)9-11(3)15/h6-8,10-11,14H,4-5,9,15H2,1-3H3. The van der Waals surface area contributed by atoms with Crippen LogP contribution in [0.2, 0.25) is 0 Å². The van der Waals surface area contributed by atoms with Crippen molar-refractivity contribution < 1.29 is 9.47 Å². The van der Waals surface area contributed by atoms with Crippen LogP contribution in [0.1, 0.15) is 38.2 Å². The molecule has 0 spiro atoms. The van der Waals surface area contributed by atoms with Crippen LogP contribution in [-0.4, -0.2) is 19.3 Å². The van der Waals surface area contributed by atoms with Crippen molar-refractivity contribution in [1.82, 2.24) is 0 Å². The lowest BCUT2D eigenvalue weighted by molar-refractivity contribution is -0.140. The zero-order valence-corrected chi connectivity index (χ0v) is 11.0. The summed E-state index contributed by atoms with van der Waals surface area (Å²) in [6, 6.07) is 8.42. The van der Waals surface area contributed by atoms with Crippen LogP contribution >= 0.6 is 0 Å². The maximum atomic E-state index is 5.81. The number of rotatable bonds is 7. The Morgan fingerprint density at radius 2 is 1.82 bits per heavy atom. The molecule has 0 amide bonds. The highest BCUT2D eigenvalue weighted by molar-refractivity contribution is 5.25. The fraction of sp³-hybridized carbons (Fsp3) is 0.571. The fourth-order valence-electron chi connectivity index (χ4n) is 1.78. The van der Waals surface area contributed by atoms with Crippen molar-refractivity contribution in [3.05, 3.63) is 35.4 Å². The van der Waals surface area contributed by atoms with E-state index >= 15 is 0 Å². The van der Waals surface area contributed by atoms with Gasteiger partial charge in [-0.2, -0.15) is 0 Å². The lowest BCUT2D eigenvalue weighted by Crippen LogP contribution is -2.18. The van der Waals surface area contributed by atoms with Gasteiger partial charge < -0.3 is 15.2 Å². The number of hydrogen-bond donors (Lipinski definition) is 1. The van der Waals surface area contributed by atoms with Gasteiger partial charge in [-0.15, -0.1) is 0 Å². The highest BCUT2D eigenvalue weighted by Gasteiger charge is 2.11. The number of nitrogens with two attached hydrogens (primary N) is 1. The first-order valence-corrected chi connectivity index (χ1v) is 6.25. The topological polar surface area (TPSA) is 44.5 Å². The number of hydrogen-bond acceptors (Lipinski definition) is 3. The van der Waals surface area contributed by atoms with Crippen LogP contribution < -0.4 is 5.73 Å². The van der Waals surface area contributed by atoms with Gasteiger partial charge in [0.2, 0.25) is 0 Å². The van der Waals surface area contributed by atoms with Crippen LogP contribution in [-0.2, 0) is 15.9 Å². The molecule has 0 aliphatic carbocycles. The van der Waals surface area contributed by atoms with Crippen molar-refractivity contribution in [1.29, 1.82) is 0 Å². The lowest BCUT2D eigenvalue weighted by atomic mass is 10.0. The average Bonchev–Trinajstić information content (AvgIpc) is 2.28. The largest absolute Gasteiger partial charge is 0.349 e. The molecule has 0 aromatic heterocycles. The van der Waals surface area contributed by atoms with Gasteiger partial charge in [-0.25, -0.2) is 0 Å². The van der Waals surface area contributed by atoms with Crippen molar-refractivity contribution in [2.24, 2.45) is 5.73 Å². The molecule has 0 fully saturated rings. The van der Waals surface area contributed by atoms with Gasteiger partial charge in [0.25, 0.3) is 0 Å². The smallest absolute Gasteiger partial charge is 0.183 e. The third-order valence-electron chi connectivity index (χ3n) is 2.42. The Kier molecular flexibility index (Phi) is 6.19. The van der Waals surface area contributed by atoms with Gasteiger partial charge in [0.05, 0.1) is 0 Å². The zero-order chi connectivity index (χ0) is 12.7. The van der Waals surface area contributed by atoms with Crippen molar-refractivity contribution in [2.45, 2.75) is 39.5 Å². The fourth-order valence-corrected chi connectivity index (χ4v) is 1.78. The van der Waals surface area contributed by atoms with Crippen LogP contribution in [0.4, 0.5) is 0 Å². The summed E-state index contributed by atoms with van der Waals surface area (Å²) in [6.07, 6.45) is 0.608. The van der Waals surface area contributed by atoms with Crippen LogP contribution in [0.5, 0.6) is 0 Å². The Balaban J connectivity index is 2.79.